The number of rotatable bonds is 7. The molecule has 20 heavy (non-hydrogen) atoms. The van der Waals surface area contributed by atoms with Crippen LogP contribution in [-0.2, 0) is 23.9 Å². The van der Waals surface area contributed by atoms with Gasteiger partial charge in [-0.25, -0.2) is 0 Å². The molecule has 116 valence electrons. The van der Waals surface area contributed by atoms with Gasteiger partial charge in [0.1, 0.15) is 5.60 Å². The molecule has 6 nitrogen and oxygen atoms in total. The molecule has 0 unspecified atom stereocenters. The number of carbonyl (C=O) groups is 3. The predicted molar refractivity (Wildman–Crippen MR) is 73.7 cm³/mol. The molecule has 0 spiro atoms. The van der Waals surface area contributed by atoms with Crippen molar-refractivity contribution in [3.05, 3.63) is 0 Å². The van der Waals surface area contributed by atoms with Gasteiger partial charge in [0.15, 0.2) is 5.60 Å². The molecule has 0 atom stereocenters. The molecular weight excluding hydrogens is 262 g/mol. The first kappa shape index (κ1) is 18.4. The lowest BCUT2D eigenvalue weighted by Crippen LogP contribution is -2.46. The number of ether oxygens (including phenoxy) is 2. The van der Waals surface area contributed by atoms with Crippen LogP contribution in [0.15, 0.2) is 0 Å². The second kappa shape index (κ2) is 7.26. The van der Waals surface area contributed by atoms with E-state index in [0.717, 1.165) is 0 Å². The summed E-state index contributed by atoms with van der Waals surface area (Å²) in [4.78, 5) is 34.6. The van der Waals surface area contributed by atoms with Crippen LogP contribution in [0.5, 0.6) is 0 Å². The van der Waals surface area contributed by atoms with Gasteiger partial charge in [0.05, 0.1) is 12.8 Å². The number of hydrogen-bond donors (Lipinski definition) is 1. The van der Waals surface area contributed by atoms with E-state index in [0.29, 0.717) is 12.8 Å². The lowest BCUT2D eigenvalue weighted by Gasteiger charge is -2.28. The van der Waals surface area contributed by atoms with Crippen molar-refractivity contribution < 1.29 is 23.9 Å². The molecule has 0 aliphatic heterocycles. The van der Waals surface area contributed by atoms with Crippen LogP contribution >= 0.6 is 0 Å². The van der Waals surface area contributed by atoms with Crippen LogP contribution in [0.2, 0.25) is 0 Å². The summed E-state index contributed by atoms with van der Waals surface area (Å²) in [7, 11) is 0. The Kier molecular flexibility index (Phi) is 6.68. The normalized spacial score (nSPS) is 11.8. The Hall–Kier alpha value is -1.59. The van der Waals surface area contributed by atoms with Gasteiger partial charge in [0.25, 0.3) is 5.91 Å². The molecule has 0 fully saturated rings. The highest BCUT2D eigenvalue weighted by Crippen LogP contribution is 2.21. The highest BCUT2D eigenvalue weighted by atomic mass is 16.6. The fourth-order valence-electron chi connectivity index (χ4n) is 1.66. The number of esters is 2. The number of primary amides is 1. The second-order valence-electron chi connectivity index (χ2n) is 5.63. The molecule has 0 aliphatic rings. The summed E-state index contributed by atoms with van der Waals surface area (Å²) < 4.78 is 10.2. The third kappa shape index (κ3) is 6.04. The summed E-state index contributed by atoms with van der Waals surface area (Å²) in [5, 5.41) is 0. The van der Waals surface area contributed by atoms with Crippen LogP contribution in [-0.4, -0.2) is 29.0 Å². The molecular formula is C14H25NO5. The SMILES string of the molecule is CCC(CC)(OC(=O)CCC(=O)OC(C)(C)C)C(N)=O. The Morgan fingerprint density at radius 1 is 0.900 bits per heavy atom. The second-order valence-corrected chi connectivity index (χ2v) is 5.63. The lowest BCUT2D eigenvalue weighted by atomic mass is 9.96. The molecule has 0 saturated heterocycles. The van der Waals surface area contributed by atoms with Crippen molar-refractivity contribution in [3.63, 3.8) is 0 Å². The van der Waals surface area contributed by atoms with E-state index < -0.39 is 29.0 Å². The summed E-state index contributed by atoms with van der Waals surface area (Å²) in [6.07, 6.45) is 0.385. The van der Waals surface area contributed by atoms with Crippen molar-refractivity contribution in [3.8, 4) is 0 Å². The molecule has 0 aliphatic carbocycles. The van der Waals surface area contributed by atoms with Crippen LogP contribution < -0.4 is 5.73 Å². The van der Waals surface area contributed by atoms with Gasteiger partial charge in [-0.05, 0) is 33.6 Å². The van der Waals surface area contributed by atoms with Gasteiger partial charge in [0, 0.05) is 0 Å². The van der Waals surface area contributed by atoms with E-state index >= 15 is 0 Å². The minimum atomic E-state index is -1.29. The summed E-state index contributed by atoms with van der Waals surface area (Å²) in [6.45, 7) is 8.67. The molecule has 0 aromatic heterocycles. The maximum Gasteiger partial charge on any atom is 0.307 e. The van der Waals surface area contributed by atoms with E-state index in [2.05, 4.69) is 0 Å². The van der Waals surface area contributed by atoms with Crippen molar-refractivity contribution in [2.45, 2.75) is 71.5 Å². The maximum absolute atomic E-state index is 11.7. The lowest BCUT2D eigenvalue weighted by molar-refractivity contribution is -0.170. The van der Waals surface area contributed by atoms with Crippen LogP contribution in [0.25, 0.3) is 0 Å². The van der Waals surface area contributed by atoms with Gasteiger partial charge in [-0.2, -0.15) is 0 Å². The molecule has 6 heteroatoms. The number of hydrogen-bond acceptors (Lipinski definition) is 5. The summed E-state index contributed by atoms with van der Waals surface area (Å²) >= 11 is 0. The largest absolute Gasteiger partial charge is 0.460 e. The summed E-state index contributed by atoms with van der Waals surface area (Å²) in [6, 6.07) is 0. The number of amides is 1. The van der Waals surface area contributed by atoms with Crippen molar-refractivity contribution in [1.29, 1.82) is 0 Å². The molecule has 2 N–H and O–H groups in total. The molecule has 0 saturated carbocycles. The minimum absolute atomic E-state index is 0.0849. The molecule has 0 radical (unpaired) electrons. The smallest absolute Gasteiger partial charge is 0.307 e. The Labute approximate surface area is 120 Å². The van der Waals surface area contributed by atoms with E-state index in [4.69, 9.17) is 15.2 Å². The minimum Gasteiger partial charge on any atom is -0.460 e. The fourth-order valence-corrected chi connectivity index (χ4v) is 1.66. The van der Waals surface area contributed by atoms with E-state index in [1.165, 1.54) is 0 Å². The van der Waals surface area contributed by atoms with Crippen molar-refractivity contribution in [1.82, 2.24) is 0 Å². The van der Waals surface area contributed by atoms with Crippen molar-refractivity contribution >= 4 is 17.8 Å². The van der Waals surface area contributed by atoms with Crippen LogP contribution in [0.4, 0.5) is 0 Å². The molecule has 1 amide bonds. The first-order valence-electron chi connectivity index (χ1n) is 6.80. The average Bonchev–Trinajstić information content (AvgIpc) is 2.31. The zero-order valence-electron chi connectivity index (χ0n) is 12.9. The first-order chi connectivity index (χ1) is 9.06. The van der Waals surface area contributed by atoms with Crippen molar-refractivity contribution in [2.24, 2.45) is 5.73 Å². The van der Waals surface area contributed by atoms with Gasteiger partial charge >= 0.3 is 11.9 Å². The zero-order chi connectivity index (χ0) is 16.0. The molecule has 0 aromatic carbocycles. The Bertz CT molecular complexity index is 366. The van der Waals surface area contributed by atoms with Gasteiger partial charge in [-0.3, -0.25) is 14.4 Å². The monoisotopic (exact) mass is 287 g/mol. The van der Waals surface area contributed by atoms with Crippen molar-refractivity contribution in [2.75, 3.05) is 0 Å². The third-order valence-electron chi connectivity index (χ3n) is 2.85. The molecule has 0 aromatic rings. The van der Waals surface area contributed by atoms with Crippen LogP contribution in [0, 0.1) is 0 Å². The summed E-state index contributed by atoms with van der Waals surface area (Å²) in [5.41, 5.74) is 3.39. The van der Waals surface area contributed by atoms with E-state index in [9.17, 15) is 14.4 Å². The topological polar surface area (TPSA) is 95.7 Å². The Balaban J connectivity index is 4.43. The van der Waals surface area contributed by atoms with E-state index in [1.807, 2.05) is 0 Å². The molecule has 0 rings (SSSR count). The zero-order valence-corrected chi connectivity index (χ0v) is 12.9. The standard InChI is InChI=1S/C14H25NO5/c1-6-14(7-2,12(15)18)20-11(17)9-8-10(16)19-13(3,4)5/h6-9H2,1-5H3,(H2,15,18). The van der Waals surface area contributed by atoms with Gasteiger partial charge in [-0.15, -0.1) is 0 Å². The van der Waals surface area contributed by atoms with Gasteiger partial charge < -0.3 is 15.2 Å². The highest BCUT2D eigenvalue weighted by Gasteiger charge is 2.37. The number of carbonyl (C=O) groups excluding carboxylic acids is 3. The Morgan fingerprint density at radius 3 is 1.60 bits per heavy atom. The van der Waals surface area contributed by atoms with Gasteiger partial charge in [-0.1, -0.05) is 13.8 Å². The Morgan fingerprint density at radius 2 is 1.30 bits per heavy atom. The predicted octanol–water partition coefficient (Wildman–Crippen LogP) is 1.70. The quantitative estimate of drug-likeness (QED) is 0.719. The molecule has 0 bridgehead atoms. The van der Waals surface area contributed by atoms with E-state index in [-0.39, 0.29) is 12.8 Å². The number of nitrogens with two attached hydrogens (primary N) is 1. The first-order valence-corrected chi connectivity index (χ1v) is 6.80. The summed E-state index contributed by atoms with van der Waals surface area (Å²) in [5.74, 6) is -1.78. The third-order valence-corrected chi connectivity index (χ3v) is 2.85. The van der Waals surface area contributed by atoms with Crippen LogP contribution in [0.3, 0.4) is 0 Å². The van der Waals surface area contributed by atoms with Crippen LogP contribution in [0.1, 0.15) is 60.3 Å². The van der Waals surface area contributed by atoms with E-state index in [1.54, 1.807) is 34.6 Å². The van der Waals surface area contributed by atoms with Gasteiger partial charge in [0.2, 0.25) is 0 Å². The molecule has 0 heterocycles. The maximum atomic E-state index is 11.7. The average molecular weight is 287 g/mol. The highest BCUT2D eigenvalue weighted by molar-refractivity contribution is 5.87. The fraction of sp³-hybridized carbons (Fsp3) is 0.786.